The topological polar surface area (TPSA) is 155 Å². The number of allylic oxidation sites excluding steroid dienone is 2. The number of carbonyl (C=O) groups excluding carboxylic acids is 1. The van der Waals surface area contributed by atoms with Crippen molar-refractivity contribution in [3.63, 3.8) is 0 Å². The zero-order chi connectivity index (χ0) is 41.2. The van der Waals surface area contributed by atoms with Gasteiger partial charge in [-0.15, -0.1) is 0 Å². The van der Waals surface area contributed by atoms with Gasteiger partial charge in [-0.1, -0.05) is 193 Å². The lowest BCUT2D eigenvalue weighted by Crippen LogP contribution is -2.34. The average Bonchev–Trinajstić information content (AvgIpc) is 3.18. The smallest absolute Gasteiger partial charge is 0.472 e. The molecule has 0 aliphatic carbocycles. The van der Waals surface area contributed by atoms with Crippen LogP contribution in [0.3, 0.4) is 0 Å². The van der Waals surface area contributed by atoms with Crippen molar-refractivity contribution >= 4 is 19.8 Å². The van der Waals surface area contributed by atoms with E-state index < -0.39 is 45.1 Å². The maximum absolute atomic E-state index is 12.6. The molecule has 11 heteroatoms. The van der Waals surface area contributed by atoms with Crippen molar-refractivity contribution in [2.75, 3.05) is 26.4 Å². The molecule has 0 saturated carbocycles. The summed E-state index contributed by atoms with van der Waals surface area (Å²) >= 11 is 0. The standard InChI is InChI=1S/C45H88NO9P/c1-3-5-7-9-11-13-15-17-19-21-22-24-26-28-30-32-34-36-38-52-39-42(40-53-56(50,51)54-41-43(46)45(48)49)55-44(47)37-35-33-31-29-27-25-23-20-18-16-14-12-10-8-6-4-2/h20,23,42-43H,3-19,21-22,24-41,46H2,1-2H3,(H,48,49)(H,50,51)/b23-20-/t42-,43+/m1/s1. The first kappa shape index (κ1) is 54.7. The van der Waals surface area contributed by atoms with Crippen LogP contribution < -0.4 is 5.73 Å². The second kappa shape index (κ2) is 41.9. The van der Waals surface area contributed by atoms with Gasteiger partial charge in [-0.25, -0.2) is 4.57 Å². The lowest BCUT2D eigenvalue weighted by Gasteiger charge is -2.20. The van der Waals surface area contributed by atoms with Crippen LogP contribution in [-0.2, 0) is 32.7 Å². The molecule has 4 N–H and O–H groups in total. The maximum Gasteiger partial charge on any atom is 0.472 e. The van der Waals surface area contributed by atoms with E-state index >= 15 is 0 Å². The van der Waals surface area contributed by atoms with E-state index in [1.54, 1.807) is 0 Å². The van der Waals surface area contributed by atoms with Crippen molar-refractivity contribution in [1.82, 2.24) is 0 Å². The Morgan fingerprint density at radius 1 is 0.554 bits per heavy atom. The summed E-state index contributed by atoms with van der Waals surface area (Å²) in [4.78, 5) is 33.6. The van der Waals surface area contributed by atoms with Gasteiger partial charge < -0.3 is 25.2 Å². The van der Waals surface area contributed by atoms with Crippen molar-refractivity contribution in [2.24, 2.45) is 5.73 Å². The number of ether oxygens (including phenoxy) is 2. The van der Waals surface area contributed by atoms with Crippen LogP contribution in [0.2, 0.25) is 0 Å². The highest BCUT2D eigenvalue weighted by Crippen LogP contribution is 2.43. The molecule has 1 unspecified atom stereocenters. The van der Waals surface area contributed by atoms with Gasteiger partial charge in [0.15, 0.2) is 0 Å². The fraction of sp³-hybridized carbons (Fsp3) is 0.911. The second-order valence-electron chi connectivity index (χ2n) is 15.9. The van der Waals surface area contributed by atoms with Crippen LogP contribution in [0.4, 0.5) is 0 Å². The highest BCUT2D eigenvalue weighted by Gasteiger charge is 2.27. The van der Waals surface area contributed by atoms with Gasteiger partial charge in [0, 0.05) is 13.0 Å². The van der Waals surface area contributed by atoms with Crippen LogP contribution >= 0.6 is 7.82 Å². The van der Waals surface area contributed by atoms with E-state index in [9.17, 15) is 19.0 Å². The fourth-order valence-electron chi connectivity index (χ4n) is 6.66. The summed E-state index contributed by atoms with van der Waals surface area (Å²) in [6, 6.07) is -1.47. The minimum Gasteiger partial charge on any atom is -0.480 e. The van der Waals surface area contributed by atoms with Crippen LogP contribution in [0.15, 0.2) is 12.2 Å². The third kappa shape index (κ3) is 40.9. The number of phosphoric acid groups is 1. The van der Waals surface area contributed by atoms with E-state index in [4.69, 9.17) is 29.4 Å². The predicted molar refractivity (Wildman–Crippen MR) is 231 cm³/mol. The van der Waals surface area contributed by atoms with Gasteiger partial charge in [0.25, 0.3) is 0 Å². The summed E-state index contributed by atoms with van der Waals surface area (Å²) in [5, 5.41) is 8.90. The van der Waals surface area contributed by atoms with Crippen molar-refractivity contribution in [1.29, 1.82) is 0 Å². The van der Waals surface area contributed by atoms with Crippen LogP contribution in [0.5, 0.6) is 0 Å². The van der Waals surface area contributed by atoms with E-state index in [0.717, 1.165) is 51.4 Å². The van der Waals surface area contributed by atoms with Crippen molar-refractivity contribution in [2.45, 2.75) is 238 Å². The first-order valence-electron chi connectivity index (χ1n) is 23.2. The van der Waals surface area contributed by atoms with Crippen LogP contribution in [-0.4, -0.2) is 60.5 Å². The molecule has 0 radical (unpaired) electrons. The number of carboxylic acid groups (broad SMARTS) is 1. The van der Waals surface area contributed by atoms with Gasteiger partial charge in [-0.05, 0) is 38.5 Å². The molecule has 0 spiro atoms. The molecular formula is C45H88NO9P. The van der Waals surface area contributed by atoms with Crippen LogP contribution in [0.1, 0.15) is 226 Å². The molecule has 332 valence electrons. The average molecular weight is 818 g/mol. The summed E-state index contributed by atoms with van der Waals surface area (Å²) in [6.07, 6.45) is 44.0. The molecule has 0 saturated heterocycles. The van der Waals surface area contributed by atoms with Crippen molar-refractivity contribution in [3.8, 4) is 0 Å². The van der Waals surface area contributed by atoms with Crippen molar-refractivity contribution < 1.29 is 42.7 Å². The Hall–Kier alpha value is -1.29. The third-order valence-electron chi connectivity index (χ3n) is 10.3. The molecule has 0 rings (SSSR count). The Kier molecular flexibility index (Phi) is 40.9. The van der Waals surface area contributed by atoms with E-state index in [-0.39, 0.29) is 13.0 Å². The van der Waals surface area contributed by atoms with Gasteiger partial charge in [0.1, 0.15) is 12.1 Å². The summed E-state index contributed by atoms with van der Waals surface area (Å²) in [5.74, 6) is -1.78. The predicted octanol–water partition coefficient (Wildman–Crippen LogP) is 12.9. The first-order chi connectivity index (χ1) is 27.2. The lowest BCUT2D eigenvalue weighted by atomic mass is 10.0. The number of carbonyl (C=O) groups is 2. The number of aliphatic carboxylic acids is 1. The fourth-order valence-corrected chi connectivity index (χ4v) is 7.44. The molecule has 0 aliphatic rings. The molecule has 0 aliphatic heterocycles. The SMILES string of the molecule is CCCCCCCCC/C=C\CCCCCCCC(=O)O[C@H](COCCCCCCCCCCCCCCCCCCCC)COP(=O)(O)OC[C@H](N)C(=O)O. The van der Waals surface area contributed by atoms with Gasteiger partial charge in [-0.3, -0.25) is 18.6 Å². The molecule has 3 atom stereocenters. The molecule has 10 nitrogen and oxygen atoms in total. The summed E-state index contributed by atoms with van der Waals surface area (Å²) in [6.45, 7) is 3.91. The van der Waals surface area contributed by atoms with Gasteiger partial charge in [-0.2, -0.15) is 0 Å². The Labute approximate surface area is 343 Å². The quantitative estimate of drug-likeness (QED) is 0.0234. The molecule has 0 aromatic heterocycles. The normalized spacial score (nSPS) is 13.9. The number of phosphoric ester groups is 1. The Balaban J connectivity index is 4.18. The summed E-state index contributed by atoms with van der Waals surface area (Å²) < 4.78 is 33.4. The van der Waals surface area contributed by atoms with E-state index in [1.165, 1.54) is 148 Å². The van der Waals surface area contributed by atoms with Gasteiger partial charge in [0.2, 0.25) is 0 Å². The van der Waals surface area contributed by atoms with Crippen LogP contribution in [0, 0.1) is 0 Å². The Morgan fingerprint density at radius 3 is 1.36 bits per heavy atom. The lowest BCUT2D eigenvalue weighted by molar-refractivity contribution is -0.154. The van der Waals surface area contributed by atoms with E-state index in [0.29, 0.717) is 13.0 Å². The zero-order valence-electron chi connectivity index (χ0n) is 36.2. The molecule has 56 heavy (non-hydrogen) atoms. The van der Waals surface area contributed by atoms with Crippen LogP contribution in [0.25, 0.3) is 0 Å². The number of hydrogen-bond acceptors (Lipinski definition) is 8. The Morgan fingerprint density at radius 2 is 0.929 bits per heavy atom. The number of esters is 1. The minimum atomic E-state index is -4.61. The number of hydrogen-bond donors (Lipinski definition) is 3. The zero-order valence-corrected chi connectivity index (χ0v) is 37.1. The maximum atomic E-state index is 12.6. The summed E-state index contributed by atoms with van der Waals surface area (Å²) in [5.41, 5.74) is 5.36. The van der Waals surface area contributed by atoms with E-state index in [1.807, 2.05) is 0 Å². The van der Waals surface area contributed by atoms with Crippen molar-refractivity contribution in [3.05, 3.63) is 12.2 Å². The van der Waals surface area contributed by atoms with E-state index in [2.05, 4.69) is 26.0 Å². The monoisotopic (exact) mass is 818 g/mol. The first-order valence-corrected chi connectivity index (χ1v) is 24.7. The third-order valence-corrected chi connectivity index (χ3v) is 11.2. The number of nitrogens with two attached hydrogens (primary N) is 1. The largest absolute Gasteiger partial charge is 0.480 e. The number of rotatable bonds is 45. The number of carboxylic acids is 1. The Bertz CT molecular complexity index is 951. The van der Waals surface area contributed by atoms with Gasteiger partial charge in [0.05, 0.1) is 19.8 Å². The summed E-state index contributed by atoms with van der Waals surface area (Å²) in [7, 11) is -4.61. The molecular weight excluding hydrogens is 729 g/mol. The minimum absolute atomic E-state index is 0.0197. The molecule has 0 aromatic carbocycles. The number of unbranched alkanes of at least 4 members (excludes halogenated alkanes) is 29. The molecule has 0 bridgehead atoms. The second-order valence-corrected chi connectivity index (χ2v) is 17.3. The molecule has 0 heterocycles. The highest BCUT2D eigenvalue weighted by molar-refractivity contribution is 7.47. The molecule has 0 amide bonds. The van der Waals surface area contributed by atoms with Gasteiger partial charge >= 0.3 is 19.8 Å². The molecule has 0 aromatic rings. The molecule has 0 fully saturated rings. The highest BCUT2D eigenvalue weighted by atomic mass is 31.2.